The molecule has 0 amide bonds. The van der Waals surface area contributed by atoms with Gasteiger partial charge in [-0.25, -0.2) is 0 Å². The zero-order valence-electron chi connectivity index (χ0n) is 8.50. The highest BCUT2D eigenvalue weighted by Crippen LogP contribution is 2.29. The minimum absolute atomic E-state index is 0.221. The molecule has 0 bridgehead atoms. The zero-order valence-corrected chi connectivity index (χ0v) is 10.2. The molecule has 0 aliphatic rings. The number of aliphatic carboxylic acids is 1. The van der Waals surface area contributed by atoms with Gasteiger partial charge in [0.1, 0.15) is 0 Å². The van der Waals surface area contributed by atoms with Crippen LogP contribution >= 0.6 is 20.1 Å². The predicted molar refractivity (Wildman–Crippen MR) is 62.8 cm³/mol. The Morgan fingerprint density at radius 3 is 2.53 bits per heavy atom. The Balaban J connectivity index is 3.15. The maximum absolute atomic E-state index is 10.2. The molecule has 90 valence electrons. The van der Waals surface area contributed by atoms with E-state index in [2.05, 4.69) is 0 Å². The standard InChI is InChI=1S/C8H18NO4PS/c9-7(14(12)13)4-6-15-5-2-1-3-8(10)11/h7,12-13H,1-6,9H2,(H,10,11). The van der Waals surface area contributed by atoms with Crippen LogP contribution in [0.1, 0.15) is 25.7 Å². The number of carbonyl (C=O) groups is 1. The van der Waals surface area contributed by atoms with Crippen LogP contribution < -0.4 is 5.73 Å². The molecule has 7 heteroatoms. The Morgan fingerprint density at radius 2 is 2.00 bits per heavy atom. The Bertz CT molecular complexity index is 182. The molecule has 0 saturated carbocycles. The van der Waals surface area contributed by atoms with Crippen LogP contribution in [0.5, 0.6) is 0 Å². The third-order valence-corrected chi connectivity index (χ3v) is 3.74. The largest absolute Gasteiger partial charge is 0.481 e. The van der Waals surface area contributed by atoms with E-state index >= 15 is 0 Å². The Labute approximate surface area is 95.0 Å². The van der Waals surface area contributed by atoms with Gasteiger partial charge in [0.2, 0.25) is 0 Å². The molecule has 0 aromatic carbocycles. The number of nitrogens with two attached hydrogens (primary N) is 1. The van der Waals surface area contributed by atoms with Gasteiger partial charge in [0, 0.05) is 6.42 Å². The molecule has 0 aromatic rings. The first-order chi connectivity index (χ1) is 7.04. The molecular weight excluding hydrogens is 237 g/mol. The van der Waals surface area contributed by atoms with Gasteiger partial charge in [-0.3, -0.25) is 4.79 Å². The molecule has 1 unspecified atom stereocenters. The maximum atomic E-state index is 10.2. The Morgan fingerprint density at radius 1 is 1.33 bits per heavy atom. The lowest BCUT2D eigenvalue weighted by Gasteiger charge is -2.11. The average Bonchev–Trinajstić information content (AvgIpc) is 2.15. The quantitative estimate of drug-likeness (QED) is 0.361. The molecule has 5 N–H and O–H groups in total. The highest BCUT2D eigenvalue weighted by atomic mass is 32.2. The van der Waals surface area contributed by atoms with Crippen molar-refractivity contribution in [2.45, 2.75) is 31.5 Å². The van der Waals surface area contributed by atoms with E-state index < -0.39 is 20.1 Å². The molecule has 0 spiro atoms. The van der Waals surface area contributed by atoms with E-state index in [0.717, 1.165) is 17.9 Å². The summed E-state index contributed by atoms with van der Waals surface area (Å²) in [5, 5.41) is 8.37. The van der Waals surface area contributed by atoms with Crippen LogP contribution in [-0.4, -0.2) is 38.2 Å². The molecule has 1 atom stereocenters. The fourth-order valence-corrected chi connectivity index (χ4v) is 2.47. The number of carboxylic acids is 1. The van der Waals surface area contributed by atoms with Gasteiger partial charge < -0.3 is 20.6 Å². The number of unbranched alkanes of at least 4 members (excludes halogenated alkanes) is 1. The molecule has 0 saturated heterocycles. The fourth-order valence-electron chi connectivity index (χ4n) is 0.902. The summed E-state index contributed by atoms with van der Waals surface area (Å²) in [5.41, 5.74) is 5.43. The zero-order chi connectivity index (χ0) is 11.7. The Hall–Kier alpha value is 0.130. The van der Waals surface area contributed by atoms with Gasteiger partial charge in [-0.05, 0) is 30.8 Å². The molecule has 5 nitrogen and oxygen atoms in total. The summed E-state index contributed by atoms with van der Waals surface area (Å²) in [6.45, 7) is 0. The lowest BCUT2D eigenvalue weighted by Crippen LogP contribution is -2.18. The number of carboxylic acid groups (broad SMARTS) is 1. The van der Waals surface area contributed by atoms with Crippen LogP contribution in [-0.2, 0) is 4.79 Å². The van der Waals surface area contributed by atoms with Crippen molar-refractivity contribution >= 4 is 26.1 Å². The molecule has 0 heterocycles. The highest BCUT2D eigenvalue weighted by molar-refractivity contribution is 7.99. The van der Waals surface area contributed by atoms with Gasteiger partial charge in [-0.2, -0.15) is 11.8 Å². The summed E-state index contributed by atoms with van der Waals surface area (Å²) < 4.78 is 0. The molecule has 15 heavy (non-hydrogen) atoms. The van der Waals surface area contributed by atoms with Gasteiger partial charge in [0.15, 0.2) is 8.38 Å². The van der Waals surface area contributed by atoms with E-state index in [4.69, 9.17) is 20.6 Å². The van der Waals surface area contributed by atoms with Crippen LogP contribution in [0.4, 0.5) is 0 Å². The molecule has 0 fully saturated rings. The Kier molecular flexibility index (Phi) is 9.44. The summed E-state index contributed by atoms with van der Waals surface area (Å²) in [5.74, 6) is 0.405. The van der Waals surface area contributed by atoms with Crippen LogP contribution in [0.25, 0.3) is 0 Å². The van der Waals surface area contributed by atoms with Gasteiger partial charge in [-0.1, -0.05) is 0 Å². The summed E-state index contributed by atoms with van der Waals surface area (Å²) in [6, 6.07) is 0. The average molecular weight is 255 g/mol. The van der Waals surface area contributed by atoms with Crippen molar-refractivity contribution in [3.05, 3.63) is 0 Å². The number of thioether (sulfide) groups is 1. The molecular formula is C8H18NO4PS. The van der Waals surface area contributed by atoms with Gasteiger partial charge in [-0.15, -0.1) is 0 Å². The molecule has 0 aliphatic heterocycles. The minimum Gasteiger partial charge on any atom is -0.481 e. The van der Waals surface area contributed by atoms with Crippen LogP contribution in [0.3, 0.4) is 0 Å². The molecule has 0 aliphatic carbocycles. The summed E-state index contributed by atoms with van der Waals surface area (Å²) >= 11 is 1.67. The van der Waals surface area contributed by atoms with E-state index in [-0.39, 0.29) is 6.42 Å². The van der Waals surface area contributed by atoms with Gasteiger partial charge in [0.25, 0.3) is 0 Å². The van der Waals surface area contributed by atoms with E-state index in [1.807, 2.05) is 0 Å². The third-order valence-electron chi connectivity index (χ3n) is 1.78. The molecule has 0 rings (SSSR count). The van der Waals surface area contributed by atoms with Gasteiger partial charge in [0.05, 0.1) is 5.78 Å². The number of hydrogen-bond acceptors (Lipinski definition) is 5. The lowest BCUT2D eigenvalue weighted by atomic mass is 10.3. The fraction of sp³-hybridized carbons (Fsp3) is 0.875. The number of hydrogen-bond donors (Lipinski definition) is 4. The van der Waals surface area contributed by atoms with Crippen molar-refractivity contribution in [1.82, 2.24) is 0 Å². The normalized spacial score (nSPS) is 13.1. The molecule has 0 radical (unpaired) electrons. The molecule has 0 aromatic heterocycles. The van der Waals surface area contributed by atoms with Crippen molar-refractivity contribution in [1.29, 1.82) is 0 Å². The van der Waals surface area contributed by atoms with E-state index in [1.54, 1.807) is 11.8 Å². The topological polar surface area (TPSA) is 104 Å². The van der Waals surface area contributed by atoms with Crippen molar-refractivity contribution in [3.63, 3.8) is 0 Å². The summed E-state index contributed by atoms with van der Waals surface area (Å²) in [6.07, 6.45) is 2.38. The predicted octanol–water partition coefficient (Wildman–Crippen LogP) is 0.946. The van der Waals surface area contributed by atoms with Crippen molar-refractivity contribution in [2.75, 3.05) is 11.5 Å². The van der Waals surface area contributed by atoms with E-state index in [9.17, 15) is 4.79 Å². The SMILES string of the molecule is NC(CCSCCCCC(=O)O)P(O)O. The first-order valence-corrected chi connectivity index (χ1v) is 7.23. The first-order valence-electron chi connectivity index (χ1n) is 4.76. The second kappa shape index (κ2) is 9.36. The second-order valence-electron chi connectivity index (χ2n) is 3.14. The smallest absolute Gasteiger partial charge is 0.303 e. The number of rotatable bonds is 9. The van der Waals surface area contributed by atoms with Crippen LogP contribution in [0, 0.1) is 0 Å². The van der Waals surface area contributed by atoms with Crippen molar-refractivity contribution in [3.8, 4) is 0 Å². The van der Waals surface area contributed by atoms with Crippen molar-refractivity contribution < 1.29 is 19.7 Å². The first kappa shape index (κ1) is 15.1. The van der Waals surface area contributed by atoms with E-state index in [1.165, 1.54) is 0 Å². The summed E-state index contributed by atoms with van der Waals surface area (Å²) in [7, 11) is -2.01. The van der Waals surface area contributed by atoms with Crippen molar-refractivity contribution in [2.24, 2.45) is 5.73 Å². The maximum Gasteiger partial charge on any atom is 0.303 e. The van der Waals surface area contributed by atoms with Crippen LogP contribution in [0.15, 0.2) is 0 Å². The lowest BCUT2D eigenvalue weighted by molar-refractivity contribution is -0.137. The minimum atomic E-state index is -2.01. The summed E-state index contributed by atoms with van der Waals surface area (Å²) in [4.78, 5) is 27.7. The third kappa shape index (κ3) is 10.4. The second-order valence-corrected chi connectivity index (χ2v) is 5.67. The van der Waals surface area contributed by atoms with E-state index in [0.29, 0.717) is 12.8 Å². The highest BCUT2D eigenvalue weighted by Gasteiger charge is 2.10. The van der Waals surface area contributed by atoms with Crippen LogP contribution in [0.2, 0.25) is 0 Å². The monoisotopic (exact) mass is 255 g/mol. The van der Waals surface area contributed by atoms with Gasteiger partial charge >= 0.3 is 5.97 Å².